The van der Waals surface area contributed by atoms with E-state index in [4.69, 9.17) is 0 Å². The number of rotatable bonds is 7. The van der Waals surface area contributed by atoms with Crippen molar-refractivity contribution in [1.82, 2.24) is 9.88 Å². The van der Waals surface area contributed by atoms with Crippen molar-refractivity contribution in [1.29, 1.82) is 0 Å². The molecule has 22 heavy (non-hydrogen) atoms. The number of nitrogens with zero attached hydrogens (tertiary/aromatic N) is 2. The fourth-order valence-electron chi connectivity index (χ4n) is 2.61. The molecular formula is C19H24N2O. The molecule has 0 N–H and O–H groups in total. The fourth-order valence-corrected chi connectivity index (χ4v) is 2.61. The smallest absolute Gasteiger partial charge is 0.229 e. The van der Waals surface area contributed by atoms with Gasteiger partial charge in [0.15, 0.2) is 0 Å². The van der Waals surface area contributed by atoms with Gasteiger partial charge in [-0.05, 0) is 24.1 Å². The Morgan fingerprint density at radius 2 is 1.86 bits per heavy atom. The maximum atomic E-state index is 12.8. The summed E-state index contributed by atoms with van der Waals surface area (Å²) in [6.07, 6.45) is 4.47. The molecular weight excluding hydrogens is 272 g/mol. The summed E-state index contributed by atoms with van der Waals surface area (Å²) in [6.45, 7) is 2.82. The minimum absolute atomic E-state index is 0.0417. The lowest BCUT2D eigenvalue weighted by Crippen LogP contribution is -2.33. The van der Waals surface area contributed by atoms with Crippen molar-refractivity contribution >= 4 is 5.91 Å². The van der Waals surface area contributed by atoms with Gasteiger partial charge in [-0.1, -0.05) is 49.7 Å². The van der Waals surface area contributed by atoms with Crippen molar-refractivity contribution < 1.29 is 4.79 Å². The van der Waals surface area contributed by atoms with Crippen LogP contribution in [0.15, 0.2) is 54.7 Å². The van der Waals surface area contributed by atoms with Gasteiger partial charge in [-0.3, -0.25) is 9.78 Å². The molecule has 3 nitrogen and oxygen atoms in total. The van der Waals surface area contributed by atoms with Crippen LogP contribution in [0.1, 0.15) is 36.9 Å². The zero-order valence-electron chi connectivity index (χ0n) is 13.4. The fraction of sp³-hybridized carbons (Fsp3) is 0.368. The molecule has 3 heteroatoms. The summed E-state index contributed by atoms with van der Waals surface area (Å²) in [6, 6.07) is 16.0. The van der Waals surface area contributed by atoms with Crippen LogP contribution in [-0.2, 0) is 11.2 Å². The number of likely N-dealkylation sites (N-methyl/N-ethyl adjacent to an activating group) is 1. The Labute approximate surface area is 133 Å². The molecule has 0 aliphatic rings. The molecule has 1 aromatic carbocycles. The van der Waals surface area contributed by atoms with Crippen LogP contribution in [0.3, 0.4) is 0 Å². The molecule has 1 heterocycles. The Balaban J connectivity index is 2.00. The first-order valence-corrected chi connectivity index (χ1v) is 7.92. The van der Waals surface area contributed by atoms with E-state index in [1.54, 1.807) is 6.20 Å². The van der Waals surface area contributed by atoms with Crippen molar-refractivity contribution in [3.8, 4) is 0 Å². The summed E-state index contributed by atoms with van der Waals surface area (Å²) in [4.78, 5) is 18.9. The van der Waals surface area contributed by atoms with Crippen molar-refractivity contribution in [2.24, 2.45) is 0 Å². The first-order valence-electron chi connectivity index (χ1n) is 7.92. The number of hydrogen-bond donors (Lipinski definition) is 0. The third-order valence-corrected chi connectivity index (χ3v) is 3.88. The molecule has 0 aliphatic carbocycles. The van der Waals surface area contributed by atoms with Gasteiger partial charge in [0.2, 0.25) is 5.91 Å². The van der Waals surface area contributed by atoms with Gasteiger partial charge >= 0.3 is 0 Å². The zero-order chi connectivity index (χ0) is 15.8. The number of amides is 1. The van der Waals surface area contributed by atoms with Crippen LogP contribution in [-0.4, -0.2) is 29.4 Å². The number of carbonyl (C=O) groups excluding carboxylic acids is 1. The number of pyridine rings is 1. The molecule has 0 saturated heterocycles. The molecule has 1 aromatic heterocycles. The van der Waals surface area contributed by atoms with Crippen molar-refractivity contribution in [3.63, 3.8) is 0 Å². The van der Waals surface area contributed by atoms with E-state index in [9.17, 15) is 4.79 Å². The van der Waals surface area contributed by atoms with Crippen molar-refractivity contribution in [2.75, 3.05) is 13.6 Å². The summed E-state index contributed by atoms with van der Waals surface area (Å²) in [5.74, 6) is 0.156. The van der Waals surface area contributed by atoms with Gasteiger partial charge in [0.25, 0.3) is 0 Å². The summed E-state index contributed by atoms with van der Waals surface area (Å²) < 4.78 is 0. The Kier molecular flexibility index (Phi) is 6.13. The SMILES string of the molecule is CCCC(C(=O)N(C)CCc1ccccn1)c1ccccc1. The van der Waals surface area contributed by atoms with Crippen LogP contribution in [0.2, 0.25) is 0 Å². The largest absolute Gasteiger partial charge is 0.345 e. The van der Waals surface area contributed by atoms with E-state index in [1.165, 1.54) is 0 Å². The van der Waals surface area contributed by atoms with Gasteiger partial charge in [-0.2, -0.15) is 0 Å². The van der Waals surface area contributed by atoms with Crippen LogP contribution in [0.25, 0.3) is 0 Å². The lowest BCUT2D eigenvalue weighted by atomic mass is 9.93. The molecule has 0 radical (unpaired) electrons. The molecule has 0 saturated carbocycles. The molecule has 0 bridgehead atoms. The van der Waals surface area contributed by atoms with Gasteiger partial charge in [0, 0.05) is 31.9 Å². The van der Waals surface area contributed by atoms with E-state index in [2.05, 4.69) is 11.9 Å². The quantitative estimate of drug-likeness (QED) is 0.781. The monoisotopic (exact) mass is 296 g/mol. The van der Waals surface area contributed by atoms with Crippen molar-refractivity contribution in [3.05, 3.63) is 66.0 Å². The zero-order valence-corrected chi connectivity index (χ0v) is 13.4. The van der Waals surface area contributed by atoms with Gasteiger partial charge in [-0.25, -0.2) is 0 Å². The lowest BCUT2D eigenvalue weighted by Gasteiger charge is -2.24. The first-order chi connectivity index (χ1) is 10.7. The van der Waals surface area contributed by atoms with E-state index < -0.39 is 0 Å². The van der Waals surface area contributed by atoms with Crippen LogP contribution >= 0.6 is 0 Å². The molecule has 2 rings (SSSR count). The van der Waals surface area contributed by atoms with Gasteiger partial charge < -0.3 is 4.90 Å². The first kappa shape index (κ1) is 16.2. The number of carbonyl (C=O) groups is 1. The second-order valence-electron chi connectivity index (χ2n) is 5.58. The summed E-state index contributed by atoms with van der Waals surface area (Å²) in [5.41, 5.74) is 2.13. The predicted molar refractivity (Wildman–Crippen MR) is 89.7 cm³/mol. The highest BCUT2D eigenvalue weighted by molar-refractivity contribution is 5.83. The summed E-state index contributed by atoms with van der Waals surface area (Å²) >= 11 is 0. The Morgan fingerprint density at radius 3 is 2.50 bits per heavy atom. The topological polar surface area (TPSA) is 33.2 Å². The molecule has 1 atom stereocenters. The minimum atomic E-state index is -0.0417. The molecule has 0 spiro atoms. The Hall–Kier alpha value is -2.16. The maximum absolute atomic E-state index is 12.8. The minimum Gasteiger partial charge on any atom is -0.345 e. The highest BCUT2D eigenvalue weighted by atomic mass is 16.2. The van der Waals surface area contributed by atoms with Crippen LogP contribution < -0.4 is 0 Å². The van der Waals surface area contributed by atoms with E-state index in [-0.39, 0.29) is 11.8 Å². The van der Waals surface area contributed by atoms with E-state index in [0.29, 0.717) is 6.54 Å². The second kappa shape index (κ2) is 8.32. The number of aromatic nitrogens is 1. The third kappa shape index (κ3) is 4.42. The molecule has 1 amide bonds. The molecule has 0 aliphatic heterocycles. The average molecular weight is 296 g/mol. The maximum Gasteiger partial charge on any atom is 0.229 e. The molecule has 0 fully saturated rings. The standard InChI is InChI=1S/C19H24N2O/c1-3-9-18(16-10-5-4-6-11-16)19(22)21(2)15-13-17-12-7-8-14-20-17/h4-8,10-12,14,18H,3,9,13,15H2,1-2H3. The average Bonchev–Trinajstić information content (AvgIpc) is 2.58. The highest BCUT2D eigenvalue weighted by Crippen LogP contribution is 2.23. The highest BCUT2D eigenvalue weighted by Gasteiger charge is 2.22. The predicted octanol–water partition coefficient (Wildman–Crippen LogP) is 3.67. The summed E-state index contributed by atoms with van der Waals surface area (Å²) in [5, 5.41) is 0. The van der Waals surface area contributed by atoms with Gasteiger partial charge in [0.05, 0.1) is 5.92 Å². The Bertz CT molecular complexity index is 569. The molecule has 1 unspecified atom stereocenters. The lowest BCUT2D eigenvalue weighted by molar-refractivity contribution is -0.131. The molecule has 116 valence electrons. The van der Waals surface area contributed by atoms with Crippen LogP contribution in [0.4, 0.5) is 0 Å². The van der Waals surface area contributed by atoms with E-state index in [0.717, 1.165) is 30.5 Å². The second-order valence-corrected chi connectivity index (χ2v) is 5.58. The normalized spacial score (nSPS) is 11.9. The number of benzene rings is 1. The van der Waals surface area contributed by atoms with Gasteiger partial charge in [0.1, 0.15) is 0 Å². The van der Waals surface area contributed by atoms with Gasteiger partial charge in [-0.15, -0.1) is 0 Å². The van der Waals surface area contributed by atoms with Crippen LogP contribution in [0, 0.1) is 0 Å². The Morgan fingerprint density at radius 1 is 1.14 bits per heavy atom. The molecule has 2 aromatic rings. The van der Waals surface area contributed by atoms with E-state index >= 15 is 0 Å². The third-order valence-electron chi connectivity index (χ3n) is 3.88. The summed E-state index contributed by atoms with van der Waals surface area (Å²) in [7, 11) is 1.89. The van der Waals surface area contributed by atoms with Crippen LogP contribution in [0.5, 0.6) is 0 Å². The van der Waals surface area contributed by atoms with E-state index in [1.807, 2.05) is 60.5 Å². The number of hydrogen-bond acceptors (Lipinski definition) is 2. The van der Waals surface area contributed by atoms with Crippen molar-refractivity contribution in [2.45, 2.75) is 32.1 Å².